The van der Waals surface area contributed by atoms with Crippen LogP contribution in [-0.4, -0.2) is 38.4 Å². The summed E-state index contributed by atoms with van der Waals surface area (Å²) in [7, 11) is 0. The van der Waals surface area contributed by atoms with Crippen LogP contribution in [0.5, 0.6) is 0 Å². The third-order valence-corrected chi connectivity index (χ3v) is 4.55. The number of hydrogen-bond acceptors (Lipinski definition) is 4. The first kappa shape index (κ1) is 15.4. The fourth-order valence-corrected chi connectivity index (χ4v) is 3.20. The lowest BCUT2D eigenvalue weighted by atomic mass is 10.2. The Kier molecular flexibility index (Phi) is 4.42. The van der Waals surface area contributed by atoms with Crippen molar-refractivity contribution in [3.05, 3.63) is 32.6 Å². The monoisotopic (exact) mass is 337 g/mol. The van der Waals surface area contributed by atoms with Gasteiger partial charge in [-0.3, -0.25) is 10.2 Å². The summed E-state index contributed by atoms with van der Waals surface area (Å²) >= 11 is 10.2. The summed E-state index contributed by atoms with van der Waals surface area (Å²) in [6.45, 7) is 5.98. The van der Waals surface area contributed by atoms with Crippen LogP contribution in [-0.2, 0) is 11.3 Å². The third-order valence-electron chi connectivity index (χ3n) is 4.00. The fraction of sp³-hybridized carbons (Fsp3) is 0.500. The van der Waals surface area contributed by atoms with Gasteiger partial charge in [-0.25, -0.2) is 0 Å². The van der Waals surface area contributed by atoms with E-state index in [-0.39, 0.29) is 0 Å². The van der Waals surface area contributed by atoms with E-state index in [0.717, 1.165) is 31.6 Å². The van der Waals surface area contributed by atoms with Gasteiger partial charge in [0, 0.05) is 30.1 Å². The number of H-pyrrole nitrogens is 2. The summed E-state index contributed by atoms with van der Waals surface area (Å²) in [5, 5.41) is 9.89. The van der Waals surface area contributed by atoms with Gasteiger partial charge in [0.1, 0.15) is 0 Å². The molecular weight excluding hydrogens is 318 g/mol. The lowest BCUT2D eigenvalue weighted by Crippen LogP contribution is -2.16. The van der Waals surface area contributed by atoms with Crippen molar-refractivity contribution in [2.75, 3.05) is 6.61 Å². The number of aryl methyl sites for hydroxylation is 1. The van der Waals surface area contributed by atoms with Gasteiger partial charge < -0.3 is 9.30 Å². The largest absolute Gasteiger partial charge is 0.376 e. The van der Waals surface area contributed by atoms with Gasteiger partial charge in [0.15, 0.2) is 0 Å². The van der Waals surface area contributed by atoms with Gasteiger partial charge in [0.2, 0.25) is 9.54 Å². The average Bonchev–Trinajstić information content (AvgIpc) is 3.17. The summed E-state index contributed by atoms with van der Waals surface area (Å²) in [6, 6.07) is 2.12. The number of rotatable bonds is 4. The molecule has 0 aromatic carbocycles. The average molecular weight is 337 g/mol. The zero-order chi connectivity index (χ0) is 15.7. The molecule has 2 aromatic rings. The topological polar surface area (TPSA) is 63.0 Å². The van der Waals surface area contributed by atoms with Crippen molar-refractivity contribution in [3.63, 3.8) is 0 Å². The number of nitrogens with one attached hydrogen (secondary N) is 2. The predicted octanol–water partition coefficient (Wildman–Crippen LogP) is 3.08. The van der Waals surface area contributed by atoms with E-state index in [1.54, 1.807) is 6.21 Å². The van der Waals surface area contributed by atoms with Crippen LogP contribution in [0.4, 0.5) is 0 Å². The predicted molar refractivity (Wildman–Crippen MR) is 90.7 cm³/mol. The highest BCUT2D eigenvalue weighted by molar-refractivity contribution is 7.72. The molecule has 3 heterocycles. The summed E-state index contributed by atoms with van der Waals surface area (Å²) in [5.41, 5.74) is 3.44. The first-order chi connectivity index (χ1) is 10.6. The molecular formula is C14H19N5OS2. The summed E-state index contributed by atoms with van der Waals surface area (Å²) < 4.78 is 10.4. The minimum Gasteiger partial charge on any atom is -0.376 e. The molecule has 8 heteroatoms. The van der Waals surface area contributed by atoms with E-state index in [1.165, 1.54) is 16.1 Å². The second-order valence-electron chi connectivity index (χ2n) is 5.49. The first-order valence-electron chi connectivity index (χ1n) is 7.28. The van der Waals surface area contributed by atoms with Gasteiger partial charge in [0.25, 0.3) is 0 Å². The number of nitrogens with zero attached hydrogens (tertiary/aromatic N) is 3. The van der Waals surface area contributed by atoms with Gasteiger partial charge in [-0.15, -0.1) is 0 Å². The molecule has 2 N–H and O–H groups in total. The molecule has 0 unspecified atom stereocenters. The second-order valence-corrected chi connectivity index (χ2v) is 6.26. The Morgan fingerprint density at radius 2 is 2.09 bits per heavy atom. The number of aromatic nitrogens is 4. The molecule has 1 atom stereocenters. The van der Waals surface area contributed by atoms with Crippen LogP contribution in [0.15, 0.2) is 11.2 Å². The second kappa shape index (κ2) is 6.31. The molecule has 0 bridgehead atoms. The molecule has 0 spiro atoms. The van der Waals surface area contributed by atoms with E-state index in [4.69, 9.17) is 29.2 Å². The molecule has 1 fully saturated rings. The summed E-state index contributed by atoms with van der Waals surface area (Å²) in [6.07, 6.45) is 4.40. The summed E-state index contributed by atoms with van der Waals surface area (Å²) in [5.74, 6) is 0. The zero-order valence-corrected chi connectivity index (χ0v) is 14.3. The van der Waals surface area contributed by atoms with Gasteiger partial charge >= 0.3 is 0 Å². The molecule has 2 aromatic heterocycles. The Balaban J connectivity index is 1.86. The Morgan fingerprint density at radius 1 is 1.36 bits per heavy atom. The Morgan fingerprint density at radius 3 is 2.73 bits per heavy atom. The Hall–Kier alpha value is -1.51. The Labute approximate surface area is 138 Å². The van der Waals surface area contributed by atoms with Crippen molar-refractivity contribution >= 4 is 30.7 Å². The number of aromatic amines is 2. The minimum absolute atomic E-state index is 0.321. The molecule has 118 valence electrons. The van der Waals surface area contributed by atoms with Gasteiger partial charge in [-0.1, -0.05) is 0 Å². The maximum absolute atomic E-state index is 5.73. The van der Waals surface area contributed by atoms with E-state index < -0.39 is 0 Å². The smallest absolute Gasteiger partial charge is 0.215 e. The molecule has 1 aliphatic heterocycles. The zero-order valence-electron chi connectivity index (χ0n) is 12.6. The van der Waals surface area contributed by atoms with Crippen molar-refractivity contribution in [1.29, 1.82) is 0 Å². The van der Waals surface area contributed by atoms with Crippen LogP contribution in [0.2, 0.25) is 0 Å². The van der Waals surface area contributed by atoms with E-state index in [0.29, 0.717) is 15.6 Å². The molecule has 0 amide bonds. The van der Waals surface area contributed by atoms with Crippen LogP contribution in [0.3, 0.4) is 0 Å². The molecule has 22 heavy (non-hydrogen) atoms. The maximum atomic E-state index is 5.73. The van der Waals surface area contributed by atoms with Crippen molar-refractivity contribution in [1.82, 2.24) is 19.4 Å². The van der Waals surface area contributed by atoms with Crippen molar-refractivity contribution in [3.8, 4) is 0 Å². The van der Waals surface area contributed by atoms with Gasteiger partial charge in [-0.2, -0.15) is 9.78 Å². The number of hydrogen-bond donors (Lipinski definition) is 2. The van der Waals surface area contributed by atoms with E-state index in [1.807, 2.05) is 0 Å². The minimum atomic E-state index is 0.321. The SMILES string of the molecule is Cc1cc(/C=N\n2c(=S)[nH][nH]c2=S)c(C)n1C[C@H]1CCCO1. The van der Waals surface area contributed by atoms with Gasteiger partial charge in [0.05, 0.1) is 12.3 Å². The molecule has 0 aliphatic carbocycles. The highest BCUT2D eigenvalue weighted by Gasteiger charge is 2.18. The molecule has 0 radical (unpaired) electrons. The Bertz CT molecular complexity index is 777. The fourth-order valence-electron chi connectivity index (χ4n) is 2.76. The highest BCUT2D eigenvalue weighted by atomic mass is 32.1. The van der Waals surface area contributed by atoms with Crippen molar-refractivity contribution < 1.29 is 4.74 Å². The van der Waals surface area contributed by atoms with E-state index >= 15 is 0 Å². The van der Waals surface area contributed by atoms with E-state index in [2.05, 4.69) is 39.8 Å². The van der Waals surface area contributed by atoms with Crippen LogP contribution >= 0.6 is 24.4 Å². The van der Waals surface area contributed by atoms with Crippen LogP contribution in [0.25, 0.3) is 0 Å². The number of ether oxygens (including phenoxy) is 1. The van der Waals surface area contributed by atoms with Gasteiger partial charge in [-0.05, 0) is 57.2 Å². The van der Waals surface area contributed by atoms with Crippen molar-refractivity contribution in [2.45, 2.75) is 39.3 Å². The molecule has 6 nitrogen and oxygen atoms in total. The normalized spacial score (nSPS) is 18.5. The molecule has 0 saturated carbocycles. The quantitative estimate of drug-likeness (QED) is 0.666. The first-order valence-corrected chi connectivity index (χ1v) is 8.10. The standard InChI is InChI=1S/C14H19N5OS2/c1-9-6-11(7-15-19-13(21)16-17-14(19)22)10(2)18(9)8-12-4-3-5-20-12/h6-7,12H,3-5,8H2,1-2H3,(H,16,21)(H,17,22)/b15-7-/t12-/m1/s1. The maximum Gasteiger partial charge on any atom is 0.215 e. The lowest BCUT2D eigenvalue weighted by Gasteiger charge is -2.14. The molecule has 1 saturated heterocycles. The van der Waals surface area contributed by atoms with Crippen LogP contribution < -0.4 is 0 Å². The van der Waals surface area contributed by atoms with Crippen LogP contribution in [0.1, 0.15) is 29.8 Å². The highest BCUT2D eigenvalue weighted by Crippen LogP contribution is 2.19. The van der Waals surface area contributed by atoms with Crippen molar-refractivity contribution in [2.24, 2.45) is 5.10 Å². The van der Waals surface area contributed by atoms with E-state index in [9.17, 15) is 0 Å². The third kappa shape index (κ3) is 2.99. The molecule has 1 aliphatic rings. The van der Waals surface area contributed by atoms with Crippen LogP contribution in [0, 0.1) is 23.4 Å². The molecule has 3 rings (SSSR count). The summed E-state index contributed by atoms with van der Waals surface area (Å²) in [4.78, 5) is 0. The lowest BCUT2D eigenvalue weighted by molar-refractivity contribution is 0.0962.